The summed E-state index contributed by atoms with van der Waals surface area (Å²) in [6.07, 6.45) is -0.333. The Bertz CT molecular complexity index is 464. The second kappa shape index (κ2) is 5.72. The largest absolute Gasteiger partial charge is 0.466 e. The molecule has 92 valence electrons. The minimum atomic E-state index is -0.669. The van der Waals surface area contributed by atoms with Gasteiger partial charge < -0.3 is 4.74 Å². The van der Waals surface area contributed by atoms with E-state index >= 15 is 0 Å². The average molecular weight is 306 g/mol. The van der Waals surface area contributed by atoms with Gasteiger partial charge in [-0.15, -0.1) is 0 Å². The Kier molecular flexibility index (Phi) is 4.56. The van der Waals surface area contributed by atoms with Crippen molar-refractivity contribution < 1.29 is 18.8 Å². The van der Waals surface area contributed by atoms with Crippen molar-refractivity contribution in [3.05, 3.63) is 38.1 Å². The molecule has 0 fully saturated rings. The third kappa shape index (κ3) is 3.48. The maximum absolute atomic E-state index is 13.1. The van der Waals surface area contributed by atoms with E-state index in [2.05, 4.69) is 20.7 Å². The van der Waals surface area contributed by atoms with E-state index in [0.717, 1.165) is 12.1 Å². The number of hydrogen-bond acceptors (Lipinski definition) is 4. The number of rotatable bonds is 4. The predicted octanol–water partition coefficient (Wildman–Crippen LogP) is 2.60. The van der Waals surface area contributed by atoms with Crippen molar-refractivity contribution in [3.8, 4) is 0 Å². The molecule has 0 aromatic heterocycles. The molecule has 0 aliphatic heterocycles. The highest BCUT2D eigenvalue weighted by atomic mass is 79.9. The molecule has 0 atom stereocenters. The zero-order valence-electron chi connectivity index (χ0n) is 8.91. The second-order valence-corrected chi connectivity index (χ2v) is 3.99. The number of carbonyl (C=O) groups is 1. The fraction of sp³-hybridized carbons (Fsp3) is 0.300. The molecule has 0 saturated carbocycles. The van der Waals surface area contributed by atoms with Crippen LogP contribution in [-0.2, 0) is 16.0 Å². The molecule has 0 aliphatic rings. The molecule has 0 spiro atoms. The van der Waals surface area contributed by atoms with Crippen molar-refractivity contribution in [2.75, 3.05) is 6.61 Å². The molecule has 0 heterocycles. The van der Waals surface area contributed by atoms with Crippen LogP contribution in [0, 0.1) is 15.9 Å². The van der Waals surface area contributed by atoms with Gasteiger partial charge in [-0.05, 0) is 35.0 Å². The number of benzene rings is 1. The summed E-state index contributed by atoms with van der Waals surface area (Å²) in [6.45, 7) is 1.79. The summed E-state index contributed by atoms with van der Waals surface area (Å²) in [5.74, 6) is -1.28. The normalized spacial score (nSPS) is 10.1. The van der Waals surface area contributed by atoms with Gasteiger partial charge in [0.25, 0.3) is 5.69 Å². The summed E-state index contributed by atoms with van der Waals surface area (Å²) in [7, 11) is 0. The van der Waals surface area contributed by atoms with E-state index in [0.29, 0.717) is 0 Å². The van der Waals surface area contributed by atoms with Crippen LogP contribution in [0.1, 0.15) is 12.5 Å². The lowest BCUT2D eigenvalue weighted by atomic mass is 10.1. The zero-order valence-corrected chi connectivity index (χ0v) is 10.5. The number of nitro groups is 1. The van der Waals surface area contributed by atoms with Crippen molar-refractivity contribution in [1.29, 1.82) is 0 Å². The zero-order chi connectivity index (χ0) is 13.0. The van der Waals surface area contributed by atoms with Gasteiger partial charge in [-0.1, -0.05) is 0 Å². The summed E-state index contributed by atoms with van der Waals surface area (Å²) in [5, 5.41) is 10.8. The van der Waals surface area contributed by atoms with Crippen LogP contribution in [0.2, 0.25) is 0 Å². The molecule has 1 aromatic rings. The first-order valence-corrected chi connectivity index (χ1v) is 5.53. The molecule has 0 bridgehead atoms. The molecule has 17 heavy (non-hydrogen) atoms. The van der Waals surface area contributed by atoms with Crippen LogP contribution >= 0.6 is 15.9 Å². The molecule has 0 saturated heterocycles. The molecule has 0 unspecified atom stereocenters. The van der Waals surface area contributed by atoms with E-state index in [1.807, 2.05) is 0 Å². The second-order valence-electron chi connectivity index (χ2n) is 3.13. The first kappa shape index (κ1) is 13.6. The first-order valence-electron chi connectivity index (χ1n) is 4.73. The number of nitrogens with zero attached hydrogens (tertiary/aromatic N) is 1. The Hall–Kier alpha value is -1.50. The third-order valence-electron chi connectivity index (χ3n) is 1.93. The Morgan fingerprint density at radius 2 is 2.24 bits per heavy atom. The lowest BCUT2D eigenvalue weighted by Gasteiger charge is -2.05. The minimum absolute atomic E-state index is 0.00167. The lowest BCUT2D eigenvalue weighted by Crippen LogP contribution is -2.09. The Labute approximate surface area is 105 Å². The summed E-state index contributed by atoms with van der Waals surface area (Å²) >= 11 is 2.89. The summed E-state index contributed by atoms with van der Waals surface area (Å²) in [5.41, 5.74) is -0.334. The van der Waals surface area contributed by atoms with Gasteiger partial charge in [0.15, 0.2) is 0 Å². The van der Waals surface area contributed by atoms with Crippen LogP contribution < -0.4 is 0 Å². The number of esters is 1. The van der Waals surface area contributed by atoms with E-state index in [-0.39, 0.29) is 28.8 Å². The Morgan fingerprint density at radius 3 is 2.76 bits per heavy atom. The lowest BCUT2D eigenvalue weighted by molar-refractivity contribution is -0.386. The number of carbonyl (C=O) groups excluding carboxylic acids is 1. The molecule has 0 radical (unpaired) electrons. The summed E-state index contributed by atoms with van der Waals surface area (Å²) < 4.78 is 17.8. The van der Waals surface area contributed by atoms with Crippen molar-refractivity contribution in [3.63, 3.8) is 0 Å². The molecule has 1 aromatic carbocycles. The molecular weight excluding hydrogens is 297 g/mol. The number of ether oxygens (including phenoxy) is 1. The van der Waals surface area contributed by atoms with Gasteiger partial charge in [-0.25, -0.2) is 4.39 Å². The van der Waals surface area contributed by atoms with Gasteiger partial charge in [-0.3, -0.25) is 14.9 Å². The number of nitro benzene ring substituents is 1. The molecule has 5 nitrogen and oxygen atoms in total. The Balaban J connectivity index is 3.12. The van der Waals surface area contributed by atoms with Gasteiger partial charge in [0.1, 0.15) is 5.82 Å². The molecule has 0 amide bonds. The van der Waals surface area contributed by atoms with Crippen molar-refractivity contribution in [1.82, 2.24) is 0 Å². The van der Waals surface area contributed by atoms with E-state index < -0.39 is 16.7 Å². The average Bonchev–Trinajstić information content (AvgIpc) is 2.15. The van der Waals surface area contributed by atoms with Gasteiger partial charge in [0.2, 0.25) is 0 Å². The van der Waals surface area contributed by atoms with Gasteiger partial charge in [0, 0.05) is 5.56 Å². The smallest absolute Gasteiger partial charge is 0.310 e. The molecule has 1 rings (SSSR count). The Morgan fingerprint density at radius 1 is 1.59 bits per heavy atom. The first-order chi connectivity index (χ1) is 7.95. The monoisotopic (exact) mass is 305 g/mol. The van der Waals surface area contributed by atoms with Crippen molar-refractivity contribution >= 4 is 27.6 Å². The maximum atomic E-state index is 13.1. The van der Waals surface area contributed by atoms with Crippen LogP contribution in [0.3, 0.4) is 0 Å². The number of halogens is 2. The molecular formula is C10H9BrFNO4. The van der Waals surface area contributed by atoms with Crippen LogP contribution in [0.5, 0.6) is 0 Å². The SMILES string of the molecule is CCOC(=O)Cc1cc(F)cc(Br)c1[N+](=O)[O-]. The standard InChI is InChI=1S/C10H9BrFNO4/c1-2-17-9(14)4-6-3-7(12)5-8(11)10(6)13(15)16/h3,5H,2,4H2,1H3. The van der Waals surface area contributed by atoms with E-state index in [9.17, 15) is 19.3 Å². The van der Waals surface area contributed by atoms with Gasteiger partial charge in [-0.2, -0.15) is 0 Å². The highest BCUT2D eigenvalue weighted by Crippen LogP contribution is 2.30. The fourth-order valence-corrected chi connectivity index (χ4v) is 1.94. The molecule has 7 heteroatoms. The van der Waals surface area contributed by atoms with Crippen molar-refractivity contribution in [2.24, 2.45) is 0 Å². The molecule has 0 N–H and O–H groups in total. The number of hydrogen-bond donors (Lipinski definition) is 0. The fourth-order valence-electron chi connectivity index (χ4n) is 1.33. The van der Waals surface area contributed by atoms with E-state index in [1.165, 1.54) is 0 Å². The third-order valence-corrected chi connectivity index (χ3v) is 2.53. The van der Waals surface area contributed by atoms with E-state index in [4.69, 9.17) is 0 Å². The predicted molar refractivity (Wildman–Crippen MR) is 61.1 cm³/mol. The van der Waals surface area contributed by atoms with Gasteiger partial charge >= 0.3 is 5.97 Å². The highest BCUT2D eigenvalue weighted by molar-refractivity contribution is 9.10. The van der Waals surface area contributed by atoms with E-state index in [1.54, 1.807) is 6.92 Å². The maximum Gasteiger partial charge on any atom is 0.310 e. The van der Waals surface area contributed by atoms with Crippen LogP contribution in [0.15, 0.2) is 16.6 Å². The summed E-state index contributed by atoms with van der Waals surface area (Å²) in [4.78, 5) is 21.4. The minimum Gasteiger partial charge on any atom is -0.466 e. The quantitative estimate of drug-likeness (QED) is 0.487. The topological polar surface area (TPSA) is 69.4 Å². The highest BCUT2D eigenvalue weighted by Gasteiger charge is 2.22. The van der Waals surface area contributed by atoms with Crippen molar-refractivity contribution in [2.45, 2.75) is 13.3 Å². The van der Waals surface area contributed by atoms with Crippen LogP contribution in [-0.4, -0.2) is 17.5 Å². The molecule has 0 aliphatic carbocycles. The summed E-state index contributed by atoms with van der Waals surface area (Å²) in [6, 6.07) is 1.94. The van der Waals surface area contributed by atoms with Crippen LogP contribution in [0.4, 0.5) is 10.1 Å². The van der Waals surface area contributed by atoms with Crippen LogP contribution in [0.25, 0.3) is 0 Å². The van der Waals surface area contributed by atoms with Gasteiger partial charge in [0.05, 0.1) is 22.4 Å².